The molecule has 3 aromatic rings. The Kier molecular flexibility index (Phi) is 3.93. The van der Waals surface area contributed by atoms with Crippen molar-refractivity contribution in [3.8, 4) is 28.6 Å². The molecule has 2 N–H and O–H groups in total. The van der Waals surface area contributed by atoms with Gasteiger partial charge in [0.15, 0.2) is 17.5 Å². The Bertz CT molecular complexity index is 1180. The predicted octanol–water partition coefficient (Wildman–Crippen LogP) is 2.99. The van der Waals surface area contributed by atoms with Crippen LogP contribution in [0.4, 0.5) is 13.2 Å². The van der Waals surface area contributed by atoms with Crippen molar-refractivity contribution >= 4 is 0 Å². The number of hydrogen-bond acceptors (Lipinski definition) is 6. The lowest BCUT2D eigenvalue weighted by Crippen LogP contribution is -2.51. The lowest BCUT2D eigenvalue weighted by atomic mass is 9.96. The zero-order chi connectivity index (χ0) is 22.3. The molecule has 1 aromatic carbocycles. The Morgan fingerprint density at radius 2 is 1.84 bits per heavy atom. The van der Waals surface area contributed by atoms with Gasteiger partial charge in [0.05, 0.1) is 29.2 Å². The lowest BCUT2D eigenvalue weighted by Gasteiger charge is -2.32. The molecule has 166 valence electrons. The highest BCUT2D eigenvalue weighted by molar-refractivity contribution is 5.68. The molecule has 2 aromatic heterocycles. The van der Waals surface area contributed by atoms with Crippen molar-refractivity contribution in [1.29, 1.82) is 0 Å². The van der Waals surface area contributed by atoms with E-state index >= 15 is 0 Å². The first-order valence-electron chi connectivity index (χ1n) is 10.4. The third-order valence-electron chi connectivity index (χ3n) is 6.83. The van der Waals surface area contributed by atoms with E-state index in [0.717, 1.165) is 5.69 Å². The summed E-state index contributed by atoms with van der Waals surface area (Å²) in [4.78, 5) is 0. The Hall–Kier alpha value is -3.14. The quantitative estimate of drug-likeness (QED) is 0.645. The molecule has 4 heterocycles. The standard InChI is InChI=1S/C22H20F3N5O2/c1-11-6-7-30(29-11)12-2-3-14(16(31)8-12)15-4-5-19(28-27-15)32-13-9-17-21(24)20(23)22(21,25)18(10-13)26-17/h2-8,13,17-18,20,26,31H,9-10H2,1H3. The fourth-order valence-electron chi connectivity index (χ4n) is 5.11. The minimum atomic E-state index is -2.45. The molecule has 3 fully saturated rings. The highest BCUT2D eigenvalue weighted by Crippen LogP contribution is 2.67. The van der Waals surface area contributed by atoms with Crippen molar-refractivity contribution in [3.63, 3.8) is 0 Å². The number of halogens is 3. The number of phenols is 1. The van der Waals surface area contributed by atoms with Crippen LogP contribution in [0.1, 0.15) is 18.5 Å². The van der Waals surface area contributed by atoms with Crippen LogP contribution in [-0.4, -0.2) is 60.8 Å². The van der Waals surface area contributed by atoms with E-state index in [1.165, 1.54) is 0 Å². The Balaban J connectivity index is 1.16. The zero-order valence-corrected chi connectivity index (χ0v) is 17.0. The minimum Gasteiger partial charge on any atom is -0.507 e. The van der Waals surface area contributed by atoms with Crippen LogP contribution in [0.2, 0.25) is 0 Å². The fourth-order valence-corrected chi connectivity index (χ4v) is 5.11. The molecule has 2 saturated heterocycles. The van der Waals surface area contributed by atoms with Crippen LogP contribution in [0.15, 0.2) is 42.6 Å². The minimum absolute atomic E-state index is 0.0232. The summed E-state index contributed by atoms with van der Waals surface area (Å²) >= 11 is 0. The number of alkyl halides is 3. The molecule has 10 heteroatoms. The van der Waals surface area contributed by atoms with Crippen LogP contribution in [-0.2, 0) is 0 Å². The number of aromatic hydroxyl groups is 1. The van der Waals surface area contributed by atoms with E-state index in [-0.39, 0.29) is 24.5 Å². The highest BCUT2D eigenvalue weighted by Gasteiger charge is 2.92. The Morgan fingerprint density at radius 3 is 2.44 bits per heavy atom. The number of nitrogens with zero attached hydrogens (tertiary/aromatic N) is 4. The molecule has 2 bridgehead atoms. The summed E-state index contributed by atoms with van der Waals surface area (Å²) in [5.74, 6) is 0.226. The summed E-state index contributed by atoms with van der Waals surface area (Å²) in [6, 6.07) is 8.39. The maximum atomic E-state index is 14.6. The van der Waals surface area contributed by atoms with E-state index in [0.29, 0.717) is 16.9 Å². The Morgan fingerprint density at radius 1 is 1.09 bits per heavy atom. The van der Waals surface area contributed by atoms with E-state index in [1.54, 1.807) is 41.2 Å². The monoisotopic (exact) mass is 443 g/mol. The molecule has 4 unspecified atom stereocenters. The van der Waals surface area contributed by atoms with Crippen LogP contribution in [0.5, 0.6) is 11.6 Å². The number of benzene rings is 1. The van der Waals surface area contributed by atoms with Gasteiger partial charge in [0.25, 0.3) is 0 Å². The number of aromatic nitrogens is 4. The first-order chi connectivity index (χ1) is 15.3. The van der Waals surface area contributed by atoms with E-state index in [4.69, 9.17) is 4.74 Å². The second kappa shape index (κ2) is 6.44. The van der Waals surface area contributed by atoms with Crippen LogP contribution in [0.3, 0.4) is 0 Å². The van der Waals surface area contributed by atoms with Crippen molar-refractivity contribution in [3.05, 3.63) is 48.3 Å². The number of fused-ring (bicyclic) bond motifs is 5. The smallest absolute Gasteiger partial charge is 0.233 e. The topological polar surface area (TPSA) is 85.1 Å². The molecule has 6 rings (SSSR count). The summed E-state index contributed by atoms with van der Waals surface area (Å²) < 4.78 is 50.4. The fraction of sp³-hybridized carbons (Fsp3) is 0.409. The summed E-state index contributed by atoms with van der Waals surface area (Å²) in [6.07, 6.45) is -0.454. The number of piperidine rings is 2. The van der Waals surface area contributed by atoms with Crippen molar-refractivity contribution in [2.75, 3.05) is 0 Å². The van der Waals surface area contributed by atoms with Crippen molar-refractivity contribution < 1.29 is 23.0 Å². The summed E-state index contributed by atoms with van der Waals surface area (Å²) in [7, 11) is 0. The molecule has 7 nitrogen and oxygen atoms in total. The average Bonchev–Trinajstić information content (AvgIpc) is 3.06. The molecule has 1 aliphatic carbocycles. The second-order valence-corrected chi connectivity index (χ2v) is 8.74. The highest BCUT2D eigenvalue weighted by atomic mass is 19.2. The number of nitrogens with one attached hydrogen (secondary N) is 1. The third kappa shape index (κ3) is 2.55. The third-order valence-corrected chi connectivity index (χ3v) is 6.83. The van der Waals surface area contributed by atoms with Gasteiger partial charge >= 0.3 is 0 Å². The number of ether oxygens (including phenoxy) is 1. The van der Waals surface area contributed by atoms with E-state index in [2.05, 4.69) is 20.6 Å². The van der Waals surface area contributed by atoms with Gasteiger partial charge in [-0.25, -0.2) is 17.9 Å². The van der Waals surface area contributed by atoms with E-state index in [1.807, 2.05) is 13.0 Å². The van der Waals surface area contributed by atoms with Crippen molar-refractivity contribution in [2.45, 2.75) is 55.5 Å². The van der Waals surface area contributed by atoms with Crippen LogP contribution < -0.4 is 10.1 Å². The second-order valence-electron chi connectivity index (χ2n) is 8.74. The Labute approximate surface area is 181 Å². The van der Waals surface area contributed by atoms with Gasteiger partial charge in [-0.3, -0.25) is 0 Å². The zero-order valence-electron chi connectivity index (χ0n) is 17.0. The summed E-state index contributed by atoms with van der Waals surface area (Å²) in [6.45, 7) is 1.88. The normalized spacial score (nSPS) is 34.9. The van der Waals surface area contributed by atoms with Gasteiger partial charge in [0, 0.05) is 36.7 Å². The van der Waals surface area contributed by atoms with Crippen LogP contribution in [0, 0.1) is 6.92 Å². The van der Waals surface area contributed by atoms with E-state index < -0.39 is 35.7 Å². The number of aryl methyl sites for hydroxylation is 1. The molecular formula is C22H20F3N5O2. The molecule has 0 amide bonds. The van der Waals surface area contributed by atoms with Gasteiger partial charge in [-0.1, -0.05) is 0 Å². The summed E-state index contributed by atoms with van der Waals surface area (Å²) in [5, 5.41) is 25.8. The number of phenolic OH excluding ortho intramolecular Hbond substituents is 1. The number of rotatable bonds is 4. The van der Waals surface area contributed by atoms with Gasteiger partial charge in [0.2, 0.25) is 5.88 Å². The van der Waals surface area contributed by atoms with E-state index in [9.17, 15) is 18.3 Å². The summed E-state index contributed by atoms with van der Waals surface area (Å²) in [5.41, 5.74) is -2.41. The maximum Gasteiger partial charge on any atom is 0.233 e. The molecule has 32 heavy (non-hydrogen) atoms. The molecule has 2 aliphatic heterocycles. The van der Waals surface area contributed by atoms with Gasteiger partial charge in [-0.2, -0.15) is 5.10 Å². The first kappa shape index (κ1) is 19.5. The van der Waals surface area contributed by atoms with Crippen LogP contribution in [0.25, 0.3) is 16.9 Å². The van der Waals surface area contributed by atoms with Gasteiger partial charge in [0.1, 0.15) is 11.9 Å². The molecule has 3 aliphatic rings. The average molecular weight is 443 g/mol. The molecular weight excluding hydrogens is 423 g/mol. The molecule has 1 saturated carbocycles. The van der Waals surface area contributed by atoms with Gasteiger partial charge in [-0.15, -0.1) is 10.2 Å². The van der Waals surface area contributed by atoms with Crippen LogP contribution >= 0.6 is 0 Å². The molecule has 0 radical (unpaired) electrons. The molecule has 4 atom stereocenters. The number of hydrogen-bond donors (Lipinski definition) is 2. The van der Waals surface area contributed by atoms with Gasteiger partial charge < -0.3 is 15.2 Å². The predicted molar refractivity (Wildman–Crippen MR) is 108 cm³/mol. The SMILES string of the molecule is Cc1ccn(-c2ccc(-c3ccc(OC4CC5NC(C4)C4(F)C(F)C54F)nn3)c(O)c2)n1. The largest absolute Gasteiger partial charge is 0.507 e. The first-order valence-corrected chi connectivity index (χ1v) is 10.4. The maximum absolute atomic E-state index is 14.6. The van der Waals surface area contributed by atoms with Crippen molar-refractivity contribution in [1.82, 2.24) is 25.3 Å². The van der Waals surface area contributed by atoms with Gasteiger partial charge in [-0.05, 0) is 31.2 Å². The van der Waals surface area contributed by atoms with Crippen molar-refractivity contribution in [2.24, 2.45) is 0 Å². The molecule has 0 spiro atoms. The lowest BCUT2D eigenvalue weighted by molar-refractivity contribution is 0.0806.